The van der Waals surface area contributed by atoms with Crippen molar-refractivity contribution in [3.63, 3.8) is 0 Å². The van der Waals surface area contributed by atoms with Crippen molar-refractivity contribution in [3.8, 4) is 0 Å². The number of anilines is 1. The van der Waals surface area contributed by atoms with E-state index >= 15 is 0 Å². The SMILES string of the molecule is COC(=O)c1cc(NC(=O)C2CCCC2)ccc1Cl. The quantitative estimate of drug-likeness (QED) is 0.865. The van der Waals surface area contributed by atoms with Crippen LogP contribution in [0.3, 0.4) is 0 Å². The Bertz CT molecular complexity index is 495. The molecule has 1 aromatic rings. The Balaban J connectivity index is 2.12. The lowest BCUT2D eigenvalue weighted by Gasteiger charge is -2.11. The Morgan fingerprint density at radius 2 is 2.00 bits per heavy atom. The van der Waals surface area contributed by atoms with Crippen LogP contribution in [0.5, 0.6) is 0 Å². The van der Waals surface area contributed by atoms with Gasteiger partial charge in [-0.15, -0.1) is 0 Å². The molecule has 0 atom stereocenters. The molecule has 1 N–H and O–H groups in total. The second-order valence-corrected chi connectivity index (χ2v) is 5.06. The normalized spacial score (nSPS) is 15.3. The van der Waals surface area contributed by atoms with Gasteiger partial charge in [-0.2, -0.15) is 0 Å². The van der Waals surface area contributed by atoms with E-state index in [1.165, 1.54) is 7.11 Å². The van der Waals surface area contributed by atoms with Crippen LogP contribution >= 0.6 is 11.6 Å². The van der Waals surface area contributed by atoms with Gasteiger partial charge in [0.2, 0.25) is 5.91 Å². The summed E-state index contributed by atoms with van der Waals surface area (Å²) >= 11 is 5.92. The molecule has 102 valence electrons. The van der Waals surface area contributed by atoms with Crippen LogP contribution in [0.15, 0.2) is 18.2 Å². The van der Waals surface area contributed by atoms with Gasteiger partial charge in [0.15, 0.2) is 0 Å². The van der Waals surface area contributed by atoms with E-state index in [9.17, 15) is 9.59 Å². The molecule has 1 fully saturated rings. The second kappa shape index (κ2) is 6.06. The topological polar surface area (TPSA) is 55.4 Å². The molecule has 0 radical (unpaired) electrons. The highest BCUT2D eigenvalue weighted by Gasteiger charge is 2.23. The smallest absolute Gasteiger partial charge is 0.339 e. The minimum Gasteiger partial charge on any atom is -0.465 e. The molecule has 1 amide bonds. The van der Waals surface area contributed by atoms with Gasteiger partial charge in [0.25, 0.3) is 0 Å². The maximum atomic E-state index is 12.0. The van der Waals surface area contributed by atoms with Crippen molar-refractivity contribution in [2.24, 2.45) is 5.92 Å². The fraction of sp³-hybridized carbons (Fsp3) is 0.429. The first-order chi connectivity index (χ1) is 9.11. The van der Waals surface area contributed by atoms with E-state index in [-0.39, 0.29) is 17.4 Å². The number of esters is 1. The minimum atomic E-state index is -0.512. The molecule has 0 aliphatic heterocycles. The van der Waals surface area contributed by atoms with Gasteiger partial charge in [-0.1, -0.05) is 24.4 Å². The van der Waals surface area contributed by atoms with Crippen LogP contribution in [0, 0.1) is 5.92 Å². The van der Waals surface area contributed by atoms with E-state index < -0.39 is 5.97 Å². The summed E-state index contributed by atoms with van der Waals surface area (Å²) in [6.07, 6.45) is 4.07. The third-order valence-electron chi connectivity index (χ3n) is 3.37. The zero-order chi connectivity index (χ0) is 13.8. The molecule has 1 saturated carbocycles. The van der Waals surface area contributed by atoms with Crippen molar-refractivity contribution >= 4 is 29.2 Å². The number of nitrogens with one attached hydrogen (secondary N) is 1. The van der Waals surface area contributed by atoms with Crippen molar-refractivity contribution in [1.82, 2.24) is 0 Å². The largest absolute Gasteiger partial charge is 0.465 e. The van der Waals surface area contributed by atoms with Gasteiger partial charge in [0.05, 0.1) is 17.7 Å². The summed E-state index contributed by atoms with van der Waals surface area (Å²) in [6, 6.07) is 4.81. The third kappa shape index (κ3) is 3.26. The molecule has 0 unspecified atom stereocenters. The molecule has 0 saturated heterocycles. The summed E-state index contributed by atoms with van der Waals surface area (Å²) in [7, 11) is 1.29. The highest BCUT2D eigenvalue weighted by Crippen LogP contribution is 2.27. The Morgan fingerprint density at radius 3 is 2.63 bits per heavy atom. The summed E-state index contributed by atoms with van der Waals surface area (Å²) in [5, 5.41) is 3.14. The molecular weight excluding hydrogens is 266 g/mol. The highest BCUT2D eigenvalue weighted by molar-refractivity contribution is 6.33. The summed E-state index contributed by atoms with van der Waals surface area (Å²) in [5.74, 6) is -0.421. The Kier molecular flexibility index (Phi) is 4.43. The maximum absolute atomic E-state index is 12.0. The van der Waals surface area contributed by atoms with Crippen LogP contribution < -0.4 is 5.32 Å². The predicted octanol–water partition coefficient (Wildman–Crippen LogP) is 3.26. The zero-order valence-electron chi connectivity index (χ0n) is 10.7. The van der Waals surface area contributed by atoms with Crippen molar-refractivity contribution in [2.75, 3.05) is 12.4 Å². The van der Waals surface area contributed by atoms with E-state index in [4.69, 9.17) is 11.6 Å². The van der Waals surface area contributed by atoms with Gasteiger partial charge in [0, 0.05) is 11.6 Å². The Morgan fingerprint density at radius 1 is 1.32 bits per heavy atom. The standard InChI is InChI=1S/C14H16ClNO3/c1-19-14(18)11-8-10(6-7-12(11)15)16-13(17)9-4-2-3-5-9/h6-9H,2-5H2,1H3,(H,16,17). The van der Waals surface area contributed by atoms with Gasteiger partial charge in [0.1, 0.15) is 0 Å². The number of rotatable bonds is 3. The van der Waals surface area contributed by atoms with Crippen molar-refractivity contribution in [2.45, 2.75) is 25.7 Å². The van der Waals surface area contributed by atoms with Gasteiger partial charge >= 0.3 is 5.97 Å². The number of amides is 1. The van der Waals surface area contributed by atoms with Crippen molar-refractivity contribution in [3.05, 3.63) is 28.8 Å². The number of hydrogen-bond donors (Lipinski definition) is 1. The Hall–Kier alpha value is -1.55. The van der Waals surface area contributed by atoms with Crippen LogP contribution in [0.2, 0.25) is 5.02 Å². The molecule has 19 heavy (non-hydrogen) atoms. The van der Waals surface area contributed by atoms with Crippen LogP contribution in [0.25, 0.3) is 0 Å². The number of halogens is 1. The van der Waals surface area contributed by atoms with Crippen LogP contribution in [0.4, 0.5) is 5.69 Å². The fourth-order valence-corrected chi connectivity index (χ4v) is 2.50. The molecule has 5 heteroatoms. The van der Waals surface area contributed by atoms with Crippen LogP contribution in [-0.4, -0.2) is 19.0 Å². The summed E-state index contributed by atoms with van der Waals surface area (Å²) in [4.78, 5) is 23.5. The maximum Gasteiger partial charge on any atom is 0.339 e. The third-order valence-corrected chi connectivity index (χ3v) is 3.69. The lowest BCUT2D eigenvalue weighted by atomic mass is 10.1. The second-order valence-electron chi connectivity index (χ2n) is 4.66. The molecule has 2 rings (SSSR count). The van der Waals surface area contributed by atoms with Gasteiger partial charge in [-0.3, -0.25) is 4.79 Å². The van der Waals surface area contributed by atoms with E-state index in [1.54, 1.807) is 18.2 Å². The molecule has 0 aromatic heterocycles. The predicted molar refractivity (Wildman–Crippen MR) is 73.4 cm³/mol. The lowest BCUT2D eigenvalue weighted by Crippen LogP contribution is -2.20. The molecular formula is C14H16ClNO3. The van der Waals surface area contributed by atoms with Gasteiger partial charge in [-0.25, -0.2) is 4.79 Å². The van der Waals surface area contributed by atoms with Crippen molar-refractivity contribution in [1.29, 1.82) is 0 Å². The number of benzene rings is 1. The number of methoxy groups -OCH3 is 1. The first kappa shape index (κ1) is 13.9. The van der Waals surface area contributed by atoms with Gasteiger partial charge in [-0.05, 0) is 31.0 Å². The average Bonchev–Trinajstić information content (AvgIpc) is 2.94. The Labute approximate surface area is 117 Å². The number of carbonyl (C=O) groups excluding carboxylic acids is 2. The molecule has 1 aliphatic rings. The number of ether oxygens (including phenoxy) is 1. The fourth-order valence-electron chi connectivity index (χ4n) is 2.30. The molecule has 0 heterocycles. The number of carbonyl (C=O) groups is 2. The molecule has 0 bridgehead atoms. The van der Waals surface area contributed by atoms with E-state index in [2.05, 4.69) is 10.1 Å². The van der Waals surface area contributed by atoms with Crippen molar-refractivity contribution < 1.29 is 14.3 Å². The van der Waals surface area contributed by atoms with E-state index in [0.717, 1.165) is 25.7 Å². The first-order valence-corrected chi connectivity index (χ1v) is 6.68. The minimum absolute atomic E-state index is 0.00985. The molecule has 1 aromatic carbocycles. The molecule has 0 spiro atoms. The highest BCUT2D eigenvalue weighted by atomic mass is 35.5. The van der Waals surface area contributed by atoms with E-state index in [1.807, 2.05) is 0 Å². The number of hydrogen-bond acceptors (Lipinski definition) is 3. The van der Waals surface area contributed by atoms with Crippen LogP contribution in [-0.2, 0) is 9.53 Å². The summed E-state index contributed by atoms with van der Waals surface area (Å²) in [5.41, 5.74) is 0.829. The van der Waals surface area contributed by atoms with Gasteiger partial charge < -0.3 is 10.1 Å². The summed E-state index contributed by atoms with van der Waals surface area (Å²) in [6.45, 7) is 0. The molecule has 1 aliphatic carbocycles. The van der Waals surface area contributed by atoms with E-state index in [0.29, 0.717) is 10.7 Å². The molecule has 4 nitrogen and oxygen atoms in total. The first-order valence-electron chi connectivity index (χ1n) is 6.30. The lowest BCUT2D eigenvalue weighted by molar-refractivity contribution is -0.119. The monoisotopic (exact) mass is 281 g/mol. The van der Waals surface area contributed by atoms with Crippen LogP contribution in [0.1, 0.15) is 36.0 Å². The zero-order valence-corrected chi connectivity index (χ0v) is 11.5. The average molecular weight is 282 g/mol. The summed E-state index contributed by atoms with van der Waals surface area (Å²) < 4.78 is 4.64.